The summed E-state index contributed by atoms with van der Waals surface area (Å²) in [5, 5.41) is 2.34. The Balaban J connectivity index is 0.00000147. The largest absolute Gasteiger partial charge is 1.00 e. The maximum absolute atomic E-state index is 10.5. The van der Waals surface area contributed by atoms with Crippen molar-refractivity contribution in [3.8, 4) is 0 Å². The maximum Gasteiger partial charge on any atom is 1.00 e. The van der Waals surface area contributed by atoms with Crippen molar-refractivity contribution >= 4 is 30.1 Å². The molecule has 0 saturated carbocycles. The van der Waals surface area contributed by atoms with Gasteiger partial charge in [0.15, 0.2) is 0 Å². The molecule has 0 radical (unpaired) electrons. The van der Waals surface area contributed by atoms with Crippen LogP contribution in [0.4, 0.5) is 0 Å². The van der Waals surface area contributed by atoms with Gasteiger partial charge in [0.25, 0.3) is 0 Å². The number of nitrogens with zero attached hydrogens (tertiary/aromatic N) is 1. The average Bonchev–Trinajstić information content (AvgIpc) is 2.74. The number of rotatable bonds is 4. The Hall–Kier alpha value is 0.312. The van der Waals surface area contributed by atoms with Crippen molar-refractivity contribution in [2.45, 2.75) is 6.54 Å². The maximum atomic E-state index is 10.5. The summed E-state index contributed by atoms with van der Waals surface area (Å²) < 4.78 is 17.2. The van der Waals surface area contributed by atoms with Gasteiger partial charge in [-0.1, -0.05) is 36.4 Å². The monoisotopic (exact) mass is 406 g/mol. The first-order chi connectivity index (χ1) is 9.27. The molecule has 0 saturated heterocycles. The molecule has 1 aromatic heterocycles. The average molecular weight is 406 g/mol. The van der Waals surface area contributed by atoms with Crippen LogP contribution in [-0.4, -0.2) is 11.2 Å². The molecule has 0 aliphatic carbocycles. The van der Waals surface area contributed by atoms with Crippen molar-refractivity contribution in [3.63, 3.8) is 0 Å². The molecule has 0 fully saturated rings. The van der Waals surface area contributed by atoms with Gasteiger partial charge in [0.2, 0.25) is 0 Å². The smallest absolute Gasteiger partial charge is 0.566 e. The molecule has 0 spiro atoms. The van der Waals surface area contributed by atoms with E-state index >= 15 is 0 Å². The van der Waals surface area contributed by atoms with Crippen molar-refractivity contribution in [1.82, 2.24) is 4.57 Å². The number of fused-ring (bicyclic) bond motifs is 3. The molecule has 3 rings (SSSR count). The Morgan fingerprint density at radius 3 is 2.00 bits per heavy atom. The van der Waals surface area contributed by atoms with E-state index in [0.717, 1.165) is 11.0 Å². The number of benzene rings is 2. The Labute approximate surface area is 176 Å². The van der Waals surface area contributed by atoms with Crippen molar-refractivity contribution in [1.29, 1.82) is 0 Å². The van der Waals surface area contributed by atoms with E-state index in [1.54, 1.807) is 0 Å². The van der Waals surface area contributed by atoms with Crippen LogP contribution in [0.25, 0.3) is 21.8 Å². The fraction of sp³-hybridized carbons (Fsp3) is 0.143. The molecule has 0 N–H and O–H groups in total. The van der Waals surface area contributed by atoms with Crippen molar-refractivity contribution < 1.29 is 82.9 Å². The van der Waals surface area contributed by atoms with E-state index in [1.165, 1.54) is 10.8 Å². The summed E-state index contributed by atoms with van der Waals surface area (Å²) in [5.74, 6) is 0. The summed E-state index contributed by atoms with van der Waals surface area (Å²) in [4.78, 5) is 10.5. The molecular weight excluding hydrogens is 394 g/mol. The van der Waals surface area contributed by atoms with Gasteiger partial charge in [-0.3, -0.25) is 0 Å². The van der Waals surface area contributed by atoms with Crippen LogP contribution in [0.2, 0.25) is 0 Å². The van der Waals surface area contributed by atoms with Gasteiger partial charge >= 0.3 is 77.1 Å². The Morgan fingerprint density at radius 2 is 1.50 bits per heavy atom. The van der Waals surface area contributed by atoms with E-state index in [0.29, 0.717) is 6.54 Å². The zero-order valence-electron chi connectivity index (χ0n) is 11.2. The van der Waals surface area contributed by atoms with Crippen LogP contribution < -0.4 is 73.8 Å². The second-order valence-corrected chi connectivity index (χ2v) is 4.95. The van der Waals surface area contributed by atoms with Crippen LogP contribution in [0.5, 0.6) is 0 Å². The summed E-state index contributed by atoms with van der Waals surface area (Å²) in [5.41, 5.74) is 2.18. The van der Waals surface area contributed by atoms with E-state index in [2.05, 4.69) is 21.2 Å². The van der Waals surface area contributed by atoms with E-state index in [1.807, 2.05) is 36.4 Å². The summed E-state index contributed by atoms with van der Waals surface area (Å²) in [6.07, 6.45) is 0. The quantitative estimate of drug-likeness (QED) is 0.566. The predicted octanol–water partition coefficient (Wildman–Crippen LogP) is -0.167. The number of hydrogen-bond acceptors (Lipinski definition) is 3. The summed E-state index contributed by atoms with van der Waals surface area (Å²) in [7, 11) is -2.78. The molecular formula is C14H12CsNO3P+. The van der Waals surface area contributed by atoms with Gasteiger partial charge in [0.1, 0.15) is 6.61 Å². The first kappa shape index (κ1) is 16.7. The van der Waals surface area contributed by atoms with Gasteiger partial charge in [-0.25, -0.2) is 0 Å². The second kappa shape index (κ2) is 7.54. The normalized spacial score (nSPS) is 11.6. The first-order valence-corrected chi connectivity index (χ1v) is 7.10. The van der Waals surface area contributed by atoms with Crippen LogP contribution in [0, 0.1) is 0 Å². The van der Waals surface area contributed by atoms with E-state index in [9.17, 15) is 9.46 Å². The van der Waals surface area contributed by atoms with Crippen LogP contribution in [0.15, 0.2) is 48.5 Å². The molecule has 2 aromatic carbocycles. The van der Waals surface area contributed by atoms with E-state index in [-0.39, 0.29) is 75.5 Å². The minimum atomic E-state index is -2.78. The van der Waals surface area contributed by atoms with E-state index in [4.69, 9.17) is 0 Å². The Morgan fingerprint density at radius 1 is 1.00 bits per heavy atom. The van der Waals surface area contributed by atoms with Gasteiger partial charge in [0.05, 0.1) is 6.54 Å². The Kier molecular flexibility index (Phi) is 6.29. The number of para-hydroxylation sites is 2. The molecule has 96 valence electrons. The van der Waals surface area contributed by atoms with Crippen LogP contribution in [0.3, 0.4) is 0 Å². The topological polar surface area (TPSA) is 54.3 Å². The zero-order chi connectivity index (χ0) is 13.2. The minimum absolute atomic E-state index is 0. The van der Waals surface area contributed by atoms with Crippen molar-refractivity contribution in [3.05, 3.63) is 48.5 Å². The first-order valence-electron chi connectivity index (χ1n) is 6.00. The minimum Gasteiger partial charge on any atom is -0.566 e. The third-order valence-electron chi connectivity index (χ3n) is 3.19. The molecule has 0 amide bonds. The van der Waals surface area contributed by atoms with Gasteiger partial charge in [-0.05, 0) is 16.7 Å². The van der Waals surface area contributed by atoms with Gasteiger partial charge in [-0.2, -0.15) is 0 Å². The van der Waals surface area contributed by atoms with Crippen molar-refractivity contribution in [2.75, 3.05) is 6.61 Å². The molecule has 1 unspecified atom stereocenters. The number of aromatic nitrogens is 1. The van der Waals surface area contributed by atoms with Crippen LogP contribution in [0.1, 0.15) is 0 Å². The Bertz CT molecular complexity index is 703. The predicted molar refractivity (Wildman–Crippen MR) is 73.0 cm³/mol. The number of hydrogen-bond donors (Lipinski definition) is 0. The van der Waals surface area contributed by atoms with Crippen LogP contribution >= 0.6 is 8.25 Å². The standard InChI is InChI=1S/C14H12NO3P.Cs/c16-19(17)18-10-9-15-13-7-3-1-5-11(13)12-6-2-4-8-14(12)15;/h1-8H,9-10H2;/q;+1. The van der Waals surface area contributed by atoms with Gasteiger partial charge in [0, 0.05) is 21.8 Å². The van der Waals surface area contributed by atoms with Gasteiger partial charge in [-0.15, -0.1) is 4.52 Å². The molecule has 0 bridgehead atoms. The van der Waals surface area contributed by atoms with E-state index < -0.39 is 8.25 Å². The molecule has 3 aromatic rings. The third-order valence-corrected chi connectivity index (χ3v) is 3.58. The fourth-order valence-electron chi connectivity index (χ4n) is 2.45. The molecule has 1 heterocycles. The molecule has 1 atom stereocenters. The molecule has 0 aliphatic rings. The SMILES string of the molecule is O=[P+]([O-])OCCn1c2ccccc2c2ccccc21.[Cs+]. The van der Waals surface area contributed by atoms with Gasteiger partial charge < -0.3 is 9.46 Å². The van der Waals surface area contributed by atoms with Crippen molar-refractivity contribution in [2.24, 2.45) is 0 Å². The van der Waals surface area contributed by atoms with Crippen LogP contribution in [-0.2, 0) is 15.6 Å². The third kappa shape index (κ3) is 3.38. The second-order valence-electron chi connectivity index (χ2n) is 4.24. The molecule has 4 nitrogen and oxygen atoms in total. The summed E-state index contributed by atoms with van der Waals surface area (Å²) in [6, 6.07) is 16.2. The molecule has 0 aliphatic heterocycles. The molecule has 6 heteroatoms. The zero-order valence-corrected chi connectivity index (χ0v) is 18.3. The summed E-state index contributed by atoms with van der Waals surface area (Å²) in [6.45, 7) is 0.665. The fourth-order valence-corrected chi connectivity index (χ4v) is 2.68. The summed E-state index contributed by atoms with van der Waals surface area (Å²) >= 11 is 0. The molecule has 20 heavy (non-hydrogen) atoms.